The van der Waals surface area contributed by atoms with Gasteiger partial charge in [0.05, 0.1) is 31.5 Å². The lowest BCUT2D eigenvalue weighted by molar-refractivity contribution is -0.132. The Morgan fingerprint density at radius 1 is 0.971 bits per heavy atom. The number of ether oxygens (including phenoxy) is 2. The van der Waals surface area contributed by atoms with Crippen LogP contribution in [0.2, 0.25) is 5.02 Å². The van der Waals surface area contributed by atoms with Crippen LogP contribution in [0.1, 0.15) is 29.7 Å². The smallest absolute Gasteiger partial charge is 0.300 e. The first-order chi connectivity index (χ1) is 16.4. The molecule has 1 atom stereocenters. The highest BCUT2D eigenvalue weighted by molar-refractivity contribution is 6.51. The number of amides is 1. The molecule has 1 amide bonds. The lowest BCUT2D eigenvalue weighted by Gasteiger charge is -2.26. The van der Waals surface area contributed by atoms with E-state index < -0.39 is 17.7 Å². The second kappa shape index (κ2) is 9.61. The number of anilines is 1. The number of aryl methyl sites for hydroxylation is 1. The Hall–Kier alpha value is -3.77. The van der Waals surface area contributed by atoms with Crippen molar-refractivity contribution >= 4 is 34.7 Å². The molecule has 1 heterocycles. The van der Waals surface area contributed by atoms with Crippen LogP contribution in [0.25, 0.3) is 5.76 Å². The number of aliphatic hydroxyl groups excluding tert-OH is 1. The Labute approximate surface area is 203 Å². The molecule has 4 rings (SSSR count). The van der Waals surface area contributed by atoms with E-state index in [-0.39, 0.29) is 11.3 Å². The van der Waals surface area contributed by atoms with Crippen LogP contribution >= 0.6 is 11.6 Å². The van der Waals surface area contributed by atoms with Crippen molar-refractivity contribution in [1.82, 2.24) is 0 Å². The number of hydrogen-bond acceptors (Lipinski definition) is 5. The summed E-state index contributed by atoms with van der Waals surface area (Å²) < 4.78 is 10.7. The van der Waals surface area contributed by atoms with E-state index in [4.69, 9.17) is 21.1 Å². The van der Waals surface area contributed by atoms with Crippen molar-refractivity contribution in [1.29, 1.82) is 0 Å². The normalized spacial score (nSPS) is 17.2. The molecule has 3 aromatic carbocycles. The van der Waals surface area contributed by atoms with E-state index in [1.54, 1.807) is 42.5 Å². The van der Waals surface area contributed by atoms with Gasteiger partial charge in [0, 0.05) is 28.8 Å². The zero-order valence-corrected chi connectivity index (χ0v) is 19.8. The van der Waals surface area contributed by atoms with Gasteiger partial charge in [-0.2, -0.15) is 0 Å². The molecule has 1 aliphatic rings. The van der Waals surface area contributed by atoms with Gasteiger partial charge in [-0.1, -0.05) is 54.9 Å². The van der Waals surface area contributed by atoms with E-state index in [0.29, 0.717) is 33.3 Å². The van der Waals surface area contributed by atoms with Gasteiger partial charge >= 0.3 is 0 Å². The molecule has 1 N–H and O–H groups in total. The van der Waals surface area contributed by atoms with Crippen LogP contribution in [0.5, 0.6) is 11.5 Å². The summed E-state index contributed by atoms with van der Waals surface area (Å²) in [6.07, 6.45) is 0.843. The van der Waals surface area contributed by atoms with Gasteiger partial charge in [-0.15, -0.1) is 0 Å². The van der Waals surface area contributed by atoms with Crippen LogP contribution in [0.3, 0.4) is 0 Å². The van der Waals surface area contributed by atoms with Gasteiger partial charge in [-0.3, -0.25) is 14.5 Å². The molecule has 0 aliphatic carbocycles. The summed E-state index contributed by atoms with van der Waals surface area (Å²) in [5, 5.41) is 11.6. The summed E-state index contributed by atoms with van der Waals surface area (Å²) in [4.78, 5) is 28.0. The molecule has 1 unspecified atom stereocenters. The molecular weight excluding hydrogens is 454 g/mol. The average Bonchev–Trinajstić information content (AvgIpc) is 3.13. The number of halogens is 1. The molecule has 3 aromatic rings. The predicted molar refractivity (Wildman–Crippen MR) is 132 cm³/mol. The summed E-state index contributed by atoms with van der Waals surface area (Å²) >= 11 is 6.11. The van der Waals surface area contributed by atoms with Crippen molar-refractivity contribution in [2.24, 2.45) is 0 Å². The maximum atomic E-state index is 13.3. The quantitative estimate of drug-likeness (QED) is 0.286. The minimum absolute atomic E-state index is 0.0155. The van der Waals surface area contributed by atoms with Crippen molar-refractivity contribution in [3.63, 3.8) is 0 Å². The van der Waals surface area contributed by atoms with Crippen LogP contribution in [0.4, 0.5) is 5.69 Å². The number of rotatable bonds is 6. The number of Topliss-reactive ketones (excluding diaryl/α,β-unsaturated/α-hetero) is 1. The molecule has 174 valence electrons. The molecular formula is C27H24ClNO5. The highest BCUT2D eigenvalue weighted by Gasteiger charge is 2.47. The Bertz CT molecular complexity index is 1260. The van der Waals surface area contributed by atoms with Gasteiger partial charge in [0.1, 0.15) is 17.3 Å². The number of carbonyl (C=O) groups excluding carboxylic acids is 2. The predicted octanol–water partition coefficient (Wildman–Crippen LogP) is 5.55. The van der Waals surface area contributed by atoms with Crippen LogP contribution in [-0.2, 0) is 16.0 Å². The van der Waals surface area contributed by atoms with Gasteiger partial charge in [0.2, 0.25) is 0 Å². The molecule has 34 heavy (non-hydrogen) atoms. The Kier molecular flexibility index (Phi) is 6.61. The number of aliphatic hydroxyl groups is 1. The Balaban J connectivity index is 1.96. The molecule has 1 fully saturated rings. The molecule has 1 aliphatic heterocycles. The first-order valence-electron chi connectivity index (χ1n) is 10.8. The molecule has 6 nitrogen and oxygen atoms in total. The summed E-state index contributed by atoms with van der Waals surface area (Å²) in [6, 6.07) is 18.3. The summed E-state index contributed by atoms with van der Waals surface area (Å²) in [5.41, 5.74) is 2.54. The zero-order valence-electron chi connectivity index (χ0n) is 19.0. The monoisotopic (exact) mass is 477 g/mol. The van der Waals surface area contributed by atoms with Crippen LogP contribution in [-0.4, -0.2) is 31.0 Å². The largest absolute Gasteiger partial charge is 0.507 e. The molecule has 7 heteroatoms. The third-order valence-electron chi connectivity index (χ3n) is 5.86. The van der Waals surface area contributed by atoms with Crippen LogP contribution in [0, 0.1) is 0 Å². The lowest BCUT2D eigenvalue weighted by atomic mass is 9.94. The minimum Gasteiger partial charge on any atom is -0.507 e. The zero-order chi connectivity index (χ0) is 24.4. The standard InChI is InChI=1S/C27H24ClNO5/c1-4-16-8-10-17(11-9-16)24-23(25(30)18-6-5-7-19(28)12-18)26(31)27(32)29(24)20-13-21(33-2)15-22(14-20)34-3/h5-15,24,30H,4H2,1-3H3/b25-23+. The van der Waals surface area contributed by atoms with Crippen LogP contribution in [0.15, 0.2) is 72.3 Å². The Morgan fingerprint density at radius 3 is 2.18 bits per heavy atom. The van der Waals surface area contributed by atoms with Gasteiger partial charge < -0.3 is 14.6 Å². The summed E-state index contributed by atoms with van der Waals surface area (Å²) in [7, 11) is 3.01. The van der Waals surface area contributed by atoms with Crippen molar-refractivity contribution in [2.45, 2.75) is 19.4 Å². The lowest BCUT2D eigenvalue weighted by Crippen LogP contribution is -2.29. The van der Waals surface area contributed by atoms with E-state index in [0.717, 1.165) is 12.0 Å². The molecule has 1 saturated heterocycles. The fourth-order valence-electron chi connectivity index (χ4n) is 4.07. The maximum absolute atomic E-state index is 13.3. The number of methoxy groups -OCH3 is 2. The van der Waals surface area contributed by atoms with E-state index in [1.165, 1.54) is 19.1 Å². The number of nitrogens with zero attached hydrogens (tertiary/aromatic N) is 1. The fraction of sp³-hybridized carbons (Fsp3) is 0.185. The van der Waals surface area contributed by atoms with Gasteiger partial charge in [-0.25, -0.2) is 0 Å². The van der Waals surface area contributed by atoms with E-state index in [2.05, 4.69) is 0 Å². The molecule has 0 radical (unpaired) electrons. The van der Waals surface area contributed by atoms with Crippen molar-refractivity contribution in [2.75, 3.05) is 19.1 Å². The molecule has 0 spiro atoms. The first kappa shape index (κ1) is 23.4. The first-order valence-corrected chi connectivity index (χ1v) is 11.1. The third kappa shape index (κ3) is 4.24. The highest BCUT2D eigenvalue weighted by Crippen LogP contribution is 2.44. The van der Waals surface area contributed by atoms with Crippen molar-refractivity contribution in [3.05, 3.63) is 94.0 Å². The molecule has 0 saturated carbocycles. The third-order valence-corrected chi connectivity index (χ3v) is 6.10. The van der Waals surface area contributed by atoms with Crippen molar-refractivity contribution < 1.29 is 24.2 Å². The minimum atomic E-state index is -0.860. The van der Waals surface area contributed by atoms with Gasteiger partial charge in [0.25, 0.3) is 11.7 Å². The summed E-state index contributed by atoms with van der Waals surface area (Å²) in [5.74, 6) is -0.910. The molecule has 0 bridgehead atoms. The van der Waals surface area contributed by atoms with E-state index in [9.17, 15) is 14.7 Å². The fourth-order valence-corrected chi connectivity index (χ4v) is 4.26. The number of benzene rings is 3. The van der Waals surface area contributed by atoms with Crippen LogP contribution < -0.4 is 14.4 Å². The second-order valence-corrected chi connectivity index (χ2v) is 8.28. The van der Waals surface area contributed by atoms with E-state index >= 15 is 0 Å². The maximum Gasteiger partial charge on any atom is 0.300 e. The number of hydrogen-bond donors (Lipinski definition) is 1. The highest BCUT2D eigenvalue weighted by atomic mass is 35.5. The number of carbonyl (C=O) groups is 2. The Morgan fingerprint density at radius 2 is 1.62 bits per heavy atom. The average molecular weight is 478 g/mol. The molecule has 0 aromatic heterocycles. The second-order valence-electron chi connectivity index (χ2n) is 7.85. The van der Waals surface area contributed by atoms with Gasteiger partial charge in [-0.05, 0) is 29.7 Å². The van der Waals surface area contributed by atoms with E-state index in [1.807, 2.05) is 31.2 Å². The SMILES string of the molecule is CCc1ccc(C2/C(=C(\O)c3cccc(Cl)c3)C(=O)C(=O)N2c2cc(OC)cc(OC)c2)cc1. The summed E-state index contributed by atoms with van der Waals surface area (Å²) in [6.45, 7) is 2.04. The topological polar surface area (TPSA) is 76.1 Å². The van der Waals surface area contributed by atoms with Crippen molar-refractivity contribution in [3.8, 4) is 11.5 Å². The van der Waals surface area contributed by atoms with Gasteiger partial charge in [0.15, 0.2) is 0 Å². The number of ketones is 1.